The molecule has 3 atom stereocenters. The fraction of sp³-hybridized carbons (Fsp3) is 0.280. The lowest BCUT2D eigenvalue weighted by atomic mass is 9.83. The van der Waals surface area contributed by atoms with Gasteiger partial charge in [-0.1, -0.05) is 51.2 Å². The summed E-state index contributed by atoms with van der Waals surface area (Å²) < 4.78 is 12.5. The van der Waals surface area contributed by atoms with Gasteiger partial charge in [-0.05, 0) is 48.9 Å². The smallest absolute Gasteiger partial charge is 0.326 e. The first-order valence-electron chi connectivity index (χ1n) is 11.2. The summed E-state index contributed by atoms with van der Waals surface area (Å²) in [5, 5.41) is -0.215. The van der Waals surface area contributed by atoms with Crippen molar-refractivity contribution in [1.82, 2.24) is 4.57 Å². The number of anilines is 1. The van der Waals surface area contributed by atoms with Gasteiger partial charge >= 0.3 is 10.8 Å². The molecule has 2 amide bonds. The zero-order valence-corrected chi connectivity index (χ0v) is 22.5. The number of imide groups is 1. The molecular formula is C25H21BrN2O6S2. The number of fused-ring (bicyclic) bond motifs is 2. The third-order valence-corrected chi connectivity index (χ3v) is 9.33. The lowest BCUT2D eigenvalue weighted by Crippen LogP contribution is -2.32. The first-order chi connectivity index (χ1) is 17.3. The van der Waals surface area contributed by atoms with E-state index in [-0.39, 0.29) is 29.8 Å². The highest BCUT2D eigenvalue weighted by Crippen LogP contribution is 2.54. The molecule has 8 nitrogen and oxygen atoms in total. The number of amides is 2. The number of methoxy groups -OCH3 is 1. The predicted octanol–water partition coefficient (Wildman–Crippen LogP) is 4.04. The van der Waals surface area contributed by atoms with Gasteiger partial charge in [0.2, 0.25) is 11.8 Å². The molecule has 2 unspecified atom stereocenters. The number of hydrogen-bond donors (Lipinski definition) is 0. The topological polar surface area (TPSA) is 94.9 Å². The molecule has 2 aromatic carbocycles. The number of rotatable bonds is 6. The van der Waals surface area contributed by atoms with E-state index in [1.165, 1.54) is 21.2 Å². The standard InChI is InChI=1S/C25H21BrN2O6S2/c1-3-34-17(29)12-27-24-21(36-25(27)32)18(13-4-6-14(26)7-5-13)19-20(35-24)23(31)28(22(19)30)15-8-10-16(33-2)11-9-15/h4-11,18-20H,3,12H2,1-2H3/t18-,19?,20?/m1/s1. The van der Waals surface area contributed by atoms with E-state index < -0.39 is 23.1 Å². The van der Waals surface area contributed by atoms with Crippen molar-refractivity contribution in [2.45, 2.75) is 29.7 Å². The van der Waals surface area contributed by atoms with Crippen LogP contribution in [0.1, 0.15) is 23.3 Å². The van der Waals surface area contributed by atoms with Gasteiger partial charge in [-0.2, -0.15) is 0 Å². The van der Waals surface area contributed by atoms with Crippen LogP contribution >= 0.6 is 39.0 Å². The second-order valence-corrected chi connectivity index (χ2v) is 11.3. The summed E-state index contributed by atoms with van der Waals surface area (Å²) in [6.45, 7) is 1.65. The van der Waals surface area contributed by atoms with Crippen LogP contribution in [-0.2, 0) is 25.7 Å². The zero-order valence-electron chi connectivity index (χ0n) is 19.3. The summed E-state index contributed by atoms with van der Waals surface area (Å²) in [4.78, 5) is 54.3. The summed E-state index contributed by atoms with van der Waals surface area (Å²) >= 11 is 5.62. The lowest BCUT2D eigenvalue weighted by Gasteiger charge is -2.30. The van der Waals surface area contributed by atoms with Gasteiger partial charge in [-0.3, -0.25) is 23.7 Å². The highest BCUT2D eigenvalue weighted by molar-refractivity contribution is 9.10. The van der Waals surface area contributed by atoms with Crippen LogP contribution in [0.4, 0.5) is 5.69 Å². The number of carbonyl (C=O) groups excluding carboxylic acids is 3. The molecule has 3 heterocycles. The van der Waals surface area contributed by atoms with Gasteiger partial charge in [0.05, 0.1) is 30.3 Å². The van der Waals surface area contributed by atoms with Gasteiger partial charge in [0.1, 0.15) is 17.5 Å². The van der Waals surface area contributed by atoms with Crippen molar-refractivity contribution in [2.75, 3.05) is 18.6 Å². The number of thioether (sulfide) groups is 1. The number of esters is 1. The predicted molar refractivity (Wildman–Crippen MR) is 140 cm³/mol. The van der Waals surface area contributed by atoms with E-state index in [1.54, 1.807) is 38.3 Å². The van der Waals surface area contributed by atoms with E-state index >= 15 is 0 Å². The van der Waals surface area contributed by atoms with E-state index in [1.807, 2.05) is 24.3 Å². The third kappa shape index (κ3) is 4.18. The first kappa shape index (κ1) is 24.8. The number of thiazole rings is 1. The minimum atomic E-state index is -0.747. The number of nitrogens with zero attached hydrogens (tertiary/aromatic N) is 2. The molecule has 1 saturated heterocycles. The van der Waals surface area contributed by atoms with Crippen LogP contribution in [0.2, 0.25) is 0 Å². The van der Waals surface area contributed by atoms with Crippen LogP contribution in [0, 0.1) is 5.92 Å². The third-order valence-electron chi connectivity index (χ3n) is 6.20. The van der Waals surface area contributed by atoms with Crippen molar-refractivity contribution in [2.24, 2.45) is 5.92 Å². The molecule has 0 bridgehead atoms. The number of hydrogen-bond acceptors (Lipinski definition) is 8. The van der Waals surface area contributed by atoms with Gasteiger partial charge < -0.3 is 9.47 Å². The van der Waals surface area contributed by atoms with Crippen LogP contribution in [0.15, 0.2) is 62.8 Å². The summed E-state index contributed by atoms with van der Waals surface area (Å²) in [5.41, 5.74) is 1.28. The Kier molecular flexibility index (Phi) is 6.80. The van der Waals surface area contributed by atoms with E-state index in [0.29, 0.717) is 21.3 Å². The Balaban J connectivity index is 1.62. The molecule has 0 radical (unpaired) electrons. The highest BCUT2D eigenvalue weighted by atomic mass is 79.9. The number of halogens is 1. The quantitative estimate of drug-likeness (QED) is 0.317. The van der Waals surface area contributed by atoms with Crippen LogP contribution in [0.25, 0.3) is 0 Å². The minimum Gasteiger partial charge on any atom is -0.497 e. The maximum Gasteiger partial charge on any atom is 0.326 e. The second-order valence-electron chi connectivity index (χ2n) is 8.23. The Labute approximate surface area is 223 Å². The molecule has 2 aliphatic rings. The molecule has 2 aliphatic heterocycles. The van der Waals surface area contributed by atoms with Crippen molar-refractivity contribution in [3.8, 4) is 5.75 Å². The normalized spacial score (nSPS) is 20.8. The molecule has 3 aromatic rings. The van der Waals surface area contributed by atoms with E-state index in [2.05, 4.69) is 15.9 Å². The molecule has 186 valence electrons. The molecule has 0 saturated carbocycles. The first-order valence-corrected chi connectivity index (χ1v) is 13.7. The largest absolute Gasteiger partial charge is 0.497 e. The summed E-state index contributed by atoms with van der Waals surface area (Å²) in [5.74, 6) is -1.81. The average Bonchev–Trinajstić information content (AvgIpc) is 3.31. The van der Waals surface area contributed by atoms with Crippen LogP contribution < -0.4 is 14.5 Å². The van der Waals surface area contributed by atoms with Crippen molar-refractivity contribution < 1.29 is 23.9 Å². The summed E-state index contributed by atoms with van der Waals surface area (Å²) in [6.07, 6.45) is 0. The minimum absolute atomic E-state index is 0.198. The average molecular weight is 589 g/mol. The van der Waals surface area contributed by atoms with Crippen molar-refractivity contribution in [3.63, 3.8) is 0 Å². The van der Waals surface area contributed by atoms with Gasteiger partial charge in [-0.15, -0.1) is 0 Å². The maximum atomic E-state index is 13.8. The Hall–Kier alpha value is -2.89. The molecule has 36 heavy (non-hydrogen) atoms. The molecular weight excluding hydrogens is 568 g/mol. The zero-order chi connectivity index (χ0) is 25.6. The molecule has 0 spiro atoms. The Bertz CT molecular complexity index is 1400. The van der Waals surface area contributed by atoms with Gasteiger partial charge in [0, 0.05) is 15.3 Å². The molecule has 5 rings (SSSR count). The lowest BCUT2D eigenvalue weighted by molar-refractivity contribution is -0.144. The van der Waals surface area contributed by atoms with Gasteiger partial charge in [0.25, 0.3) is 0 Å². The van der Waals surface area contributed by atoms with Crippen molar-refractivity contribution >= 4 is 62.5 Å². The maximum absolute atomic E-state index is 13.8. The Morgan fingerprint density at radius 3 is 2.36 bits per heavy atom. The van der Waals surface area contributed by atoms with Crippen LogP contribution in [0.3, 0.4) is 0 Å². The SMILES string of the molecule is CCOC(=O)Cn1c2c(sc1=O)[C@H](c1ccc(Br)cc1)C1C(=O)N(c3ccc(OC)cc3)C(=O)C1S2. The van der Waals surface area contributed by atoms with Crippen molar-refractivity contribution in [3.05, 3.63) is 73.1 Å². The molecule has 0 N–H and O–H groups in total. The fourth-order valence-corrected chi connectivity index (χ4v) is 7.64. The van der Waals surface area contributed by atoms with E-state index in [0.717, 1.165) is 21.4 Å². The second kappa shape index (κ2) is 9.87. The number of carbonyl (C=O) groups is 3. The van der Waals surface area contributed by atoms with E-state index in [4.69, 9.17) is 9.47 Å². The van der Waals surface area contributed by atoms with Crippen molar-refractivity contribution in [1.29, 1.82) is 0 Å². The summed E-state index contributed by atoms with van der Waals surface area (Å²) in [7, 11) is 1.55. The van der Waals surface area contributed by atoms with Crippen LogP contribution in [-0.4, -0.2) is 41.3 Å². The van der Waals surface area contributed by atoms with Gasteiger partial charge in [-0.25, -0.2) is 4.90 Å². The summed E-state index contributed by atoms with van der Waals surface area (Å²) in [6, 6.07) is 14.3. The van der Waals surface area contributed by atoms with Gasteiger partial charge in [0.15, 0.2) is 0 Å². The van der Waals surface area contributed by atoms with Crippen LogP contribution in [0.5, 0.6) is 5.75 Å². The van der Waals surface area contributed by atoms with E-state index in [9.17, 15) is 19.2 Å². The highest BCUT2D eigenvalue weighted by Gasteiger charge is 2.56. The monoisotopic (exact) mass is 588 g/mol. The number of aromatic nitrogens is 1. The molecule has 1 aromatic heterocycles. The Morgan fingerprint density at radius 1 is 1.03 bits per heavy atom. The number of benzene rings is 2. The number of ether oxygens (including phenoxy) is 2. The Morgan fingerprint density at radius 2 is 1.72 bits per heavy atom. The fourth-order valence-electron chi connectivity index (χ4n) is 4.61. The molecule has 1 fully saturated rings. The molecule has 0 aliphatic carbocycles. The molecule has 11 heteroatoms.